The lowest BCUT2D eigenvalue weighted by Gasteiger charge is -2.38. The van der Waals surface area contributed by atoms with E-state index >= 15 is 0 Å². The van der Waals surface area contributed by atoms with Crippen LogP contribution in [0.25, 0.3) is 0 Å². The molecule has 5 nitrogen and oxygen atoms in total. The minimum absolute atomic E-state index is 0.0281. The molecule has 2 unspecified atom stereocenters. The Labute approximate surface area is 189 Å². The Morgan fingerprint density at radius 2 is 1.90 bits per heavy atom. The molecule has 1 saturated carbocycles. The van der Waals surface area contributed by atoms with Gasteiger partial charge in [0.05, 0.1) is 12.2 Å². The fourth-order valence-electron chi connectivity index (χ4n) is 5.33. The van der Waals surface area contributed by atoms with Gasteiger partial charge in [0, 0.05) is 31.6 Å². The maximum absolute atomic E-state index is 13.2. The van der Waals surface area contributed by atoms with Crippen molar-refractivity contribution < 1.29 is 9.53 Å². The monoisotopic (exact) mass is 428 g/mol. The second-order valence-electron chi connectivity index (χ2n) is 9.57. The molecule has 173 valence electrons. The number of likely N-dealkylation sites (tertiary alicyclic amines) is 1. The van der Waals surface area contributed by atoms with E-state index in [1.165, 1.54) is 37.7 Å². The third-order valence-electron chi connectivity index (χ3n) is 6.80. The van der Waals surface area contributed by atoms with Crippen molar-refractivity contribution in [3.8, 4) is 0 Å². The van der Waals surface area contributed by atoms with E-state index in [9.17, 15) is 4.79 Å². The summed E-state index contributed by atoms with van der Waals surface area (Å²) in [6.07, 6.45) is 9.69. The maximum Gasteiger partial charge on any atom is 0.317 e. The zero-order chi connectivity index (χ0) is 22.1. The summed E-state index contributed by atoms with van der Waals surface area (Å²) in [4.78, 5) is 15.2. The molecule has 31 heavy (non-hydrogen) atoms. The normalized spacial score (nSPS) is 22.3. The molecule has 1 radical (unpaired) electrons. The average Bonchev–Trinajstić information content (AvgIpc) is 2.79. The molecule has 1 saturated heterocycles. The highest BCUT2D eigenvalue weighted by atomic mass is 16.5. The zero-order valence-electron chi connectivity index (χ0n) is 19.5. The Bertz CT molecular complexity index is 645. The van der Waals surface area contributed by atoms with E-state index in [-0.39, 0.29) is 30.2 Å². The molecule has 2 N–H and O–H groups in total. The van der Waals surface area contributed by atoms with E-state index in [0.717, 1.165) is 44.8 Å². The first-order valence-electron chi connectivity index (χ1n) is 12.3. The van der Waals surface area contributed by atoms with Gasteiger partial charge in [-0.3, -0.25) is 0 Å². The van der Waals surface area contributed by atoms with Crippen LogP contribution in [0.1, 0.15) is 70.0 Å². The zero-order valence-corrected chi connectivity index (χ0v) is 19.5. The summed E-state index contributed by atoms with van der Waals surface area (Å²) < 4.78 is 6.24. The molecular weight excluding hydrogens is 386 g/mol. The van der Waals surface area contributed by atoms with Gasteiger partial charge in [-0.25, -0.2) is 4.79 Å². The van der Waals surface area contributed by atoms with E-state index in [0.29, 0.717) is 0 Å². The second-order valence-corrected chi connectivity index (χ2v) is 9.57. The summed E-state index contributed by atoms with van der Waals surface area (Å²) in [6.45, 7) is 8.41. The lowest BCUT2D eigenvalue weighted by atomic mass is 9.85. The van der Waals surface area contributed by atoms with Gasteiger partial charge in [0.25, 0.3) is 0 Å². The van der Waals surface area contributed by atoms with Crippen LogP contribution in [0.15, 0.2) is 30.3 Å². The highest BCUT2D eigenvalue weighted by Gasteiger charge is 2.32. The molecule has 0 bridgehead atoms. The van der Waals surface area contributed by atoms with Crippen molar-refractivity contribution in [1.82, 2.24) is 15.5 Å². The molecule has 4 atom stereocenters. The number of hydrogen-bond donors (Lipinski definition) is 2. The van der Waals surface area contributed by atoms with Crippen LogP contribution in [-0.4, -0.2) is 49.8 Å². The highest BCUT2D eigenvalue weighted by molar-refractivity contribution is 5.74. The fraction of sp³-hybridized carbons (Fsp3) is 0.692. The number of amides is 2. The summed E-state index contributed by atoms with van der Waals surface area (Å²) in [6, 6.07) is 10.7. The molecule has 3 rings (SSSR count). The molecule has 1 heterocycles. The van der Waals surface area contributed by atoms with E-state index in [1.54, 1.807) is 0 Å². The van der Waals surface area contributed by atoms with Crippen LogP contribution in [0.4, 0.5) is 4.79 Å². The largest absolute Gasteiger partial charge is 0.370 e. The standard InChI is InChI=1S/C26H42N3O2/c1-20(2)31-25(22-13-8-5-9-14-22)23-15-10-16-29(19-23)26(30)28-24(18-27-3)17-21-11-6-4-7-12-21/h5,8-9,13-14,20-21,23-25,27H,1,4,6-7,10-12,15-19H2,2-3H3,(H,28,30)/t20?,23-,24+,25?/m1/s1. The lowest BCUT2D eigenvalue weighted by Crippen LogP contribution is -2.52. The molecule has 1 aliphatic heterocycles. The van der Waals surface area contributed by atoms with Crippen molar-refractivity contribution in [3.63, 3.8) is 0 Å². The van der Waals surface area contributed by atoms with Crippen molar-refractivity contribution in [2.75, 3.05) is 26.7 Å². The van der Waals surface area contributed by atoms with E-state index in [1.807, 2.05) is 24.9 Å². The Hall–Kier alpha value is -1.59. The highest BCUT2D eigenvalue weighted by Crippen LogP contribution is 2.34. The van der Waals surface area contributed by atoms with Gasteiger partial charge in [-0.2, -0.15) is 0 Å². The van der Waals surface area contributed by atoms with Crippen molar-refractivity contribution in [2.24, 2.45) is 11.8 Å². The molecule has 2 fully saturated rings. The molecule has 1 aromatic carbocycles. The molecule has 5 heteroatoms. The number of hydrogen-bond acceptors (Lipinski definition) is 3. The molecule has 0 spiro atoms. The predicted octanol–water partition coefficient (Wildman–Crippen LogP) is 4.95. The number of carbonyl (C=O) groups excluding carboxylic acids is 1. The van der Waals surface area contributed by atoms with Crippen LogP contribution in [0, 0.1) is 18.8 Å². The summed E-state index contributed by atoms with van der Waals surface area (Å²) >= 11 is 0. The van der Waals surface area contributed by atoms with Gasteiger partial charge in [-0.1, -0.05) is 62.4 Å². The van der Waals surface area contributed by atoms with E-state index in [4.69, 9.17) is 4.74 Å². The van der Waals surface area contributed by atoms with Crippen molar-refractivity contribution in [3.05, 3.63) is 42.8 Å². The topological polar surface area (TPSA) is 53.6 Å². The van der Waals surface area contributed by atoms with Crippen molar-refractivity contribution in [2.45, 2.75) is 76.5 Å². The molecule has 1 aliphatic carbocycles. The van der Waals surface area contributed by atoms with Gasteiger partial charge >= 0.3 is 6.03 Å². The van der Waals surface area contributed by atoms with Gasteiger partial charge in [0.2, 0.25) is 0 Å². The first-order chi connectivity index (χ1) is 15.1. The Balaban J connectivity index is 1.61. The SMILES string of the molecule is [CH2]C(C)OC(c1ccccc1)[C@@H]1CCCN(C(=O)N[C@H](CNC)CC2CCCCC2)C1. The van der Waals surface area contributed by atoms with Crippen molar-refractivity contribution >= 4 is 6.03 Å². The third-order valence-corrected chi connectivity index (χ3v) is 6.80. The van der Waals surface area contributed by atoms with Crippen LogP contribution < -0.4 is 10.6 Å². The van der Waals surface area contributed by atoms with Crippen LogP contribution in [0.3, 0.4) is 0 Å². The fourth-order valence-corrected chi connectivity index (χ4v) is 5.33. The summed E-state index contributed by atoms with van der Waals surface area (Å²) in [5.41, 5.74) is 1.18. The number of ether oxygens (including phenoxy) is 1. The van der Waals surface area contributed by atoms with Crippen LogP contribution in [0.2, 0.25) is 0 Å². The van der Waals surface area contributed by atoms with Crippen LogP contribution >= 0.6 is 0 Å². The summed E-state index contributed by atoms with van der Waals surface area (Å²) in [5, 5.41) is 6.62. The van der Waals surface area contributed by atoms with Gasteiger partial charge in [-0.15, -0.1) is 0 Å². The van der Waals surface area contributed by atoms with Gasteiger partial charge in [0.1, 0.15) is 0 Å². The molecule has 2 amide bonds. The minimum Gasteiger partial charge on any atom is -0.370 e. The number of nitrogens with zero attached hydrogens (tertiary/aromatic N) is 1. The molecular formula is C26H42N3O2. The lowest BCUT2D eigenvalue weighted by molar-refractivity contribution is -0.0337. The summed E-state index contributed by atoms with van der Waals surface area (Å²) in [7, 11) is 1.97. The predicted molar refractivity (Wildman–Crippen MR) is 127 cm³/mol. The van der Waals surface area contributed by atoms with Crippen molar-refractivity contribution in [1.29, 1.82) is 0 Å². The number of benzene rings is 1. The Morgan fingerprint density at radius 1 is 1.16 bits per heavy atom. The Morgan fingerprint density at radius 3 is 2.58 bits per heavy atom. The minimum atomic E-state index is -0.0927. The smallest absolute Gasteiger partial charge is 0.317 e. The number of rotatable bonds is 9. The van der Waals surface area contributed by atoms with Gasteiger partial charge < -0.3 is 20.3 Å². The quantitative estimate of drug-likeness (QED) is 0.585. The van der Waals surface area contributed by atoms with Crippen LogP contribution in [0.5, 0.6) is 0 Å². The third kappa shape index (κ3) is 7.50. The van der Waals surface area contributed by atoms with Crippen LogP contribution in [-0.2, 0) is 4.74 Å². The number of carbonyl (C=O) groups is 1. The molecule has 0 aromatic heterocycles. The van der Waals surface area contributed by atoms with Gasteiger partial charge in [0.15, 0.2) is 0 Å². The number of piperidine rings is 1. The molecule has 1 aromatic rings. The van der Waals surface area contributed by atoms with Gasteiger partial charge in [-0.05, 0) is 51.6 Å². The maximum atomic E-state index is 13.2. The number of nitrogens with one attached hydrogen (secondary N) is 2. The number of urea groups is 1. The summed E-state index contributed by atoms with van der Waals surface area (Å²) in [5.74, 6) is 1.03. The van der Waals surface area contributed by atoms with E-state index < -0.39 is 0 Å². The average molecular weight is 429 g/mol. The molecule has 2 aliphatic rings. The van der Waals surface area contributed by atoms with E-state index in [2.05, 4.69) is 41.8 Å². The Kier molecular flexibility index (Phi) is 9.66. The first kappa shape index (κ1) is 24.1. The second kappa shape index (κ2) is 12.4. The first-order valence-corrected chi connectivity index (χ1v) is 12.3. The number of likely N-dealkylation sites (N-methyl/N-ethyl adjacent to an activating group) is 1.